The van der Waals surface area contributed by atoms with Crippen LogP contribution in [0.15, 0.2) is 0 Å². The highest BCUT2D eigenvalue weighted by Gasteiger charge is 2.27. The van der Waals surface area contributed by atoms with E-state index in [1.165, 1.54) is 0 Å². The van der Waals surface area contributed by atoms with Crippen molar-refractivity contribution in [3.63, 3.8) is 0 Å². The van der Waals surface area contributed by atoms with E-state index in [1.54, 1.807) is 4.90 Å². The second-order valence-corrected chi connectivity index (χ2v) is 7.82. The zero-order valence-corrected chi connectivity index (χ0v) is 12.7. The van der Waals surface area contributed by atoms with Crippen molar-refractivity contribution in [2.24, 2.45) is 11.1 Å². The zero-order valence-electron chi connectivity index (χ0n) is 11.9. The number of primary sulfonamides is 1. The maximum Gasteiger partial charge on any atom is 0.410 e. The lowest BCUT2D eigenvalue weighted by atomic mass is 9.96. The first-order valence-corrected chi connectivity index (χ1v) is 8.27. The van der Waals surface area contributed by atoms with Crippen LogP contribution in [0.25, 0.3) is 0 Å². The van der Waals surface area contributed by atoms with E-state index >= 15 is 0 Å². The second-order valence-electron chi connectivity index (χ2n) is 6.09. The molecule has 1 unspecified atom stereocenters. The van der Waals surface area contributed by atoms with Gasteiger partial charge in [0.2, 0.25) is 10.0 Å². The number of hydrogen-bond donors (Lipinski definition) is 1. The summed E-state index contributed by atoms with van der Waals surface area (Å²) < 4.78 is 27.2. The van der Waals surface area contributed by atoms with Gasteiger partial charge < -0.3 is 9.64 Å². The molecule has 0 aromatic carbocycles. The third kappa shape index (κ3) is 6.77. The summed E-state index contributed by atoms with van der Waals surface area (Å²) in [5.74, 6) is 0.152. The second kappa shape index (κ2) is 6.09. The largest absolute Gasteiger partial charge is 0.444 e. The average Bonchev–Trinajstić information content (AvgIpc) is 2.23. The van der Waals surface area contributed by atoms with Gasteiger partial charge in [0.1, 0.15) is 5.60 Å². The van der Waals surface area contributed by atoms with Crippen molar-refractivity contribution in [1.82, 2.24) is 4.90 Å². The minimum Gasteiger partial charge on any atom is -0.444 e. The normalized spacial score (nSPS) is 21.3. The Balaban J connectivity index is 2.48. The molecule has 0 saturated carbocycles. The minimum absolute atomic E-state index is 0.0280. The van der Waals surface area contributed by atoms with Gasteiger partial charge in [0.05, 0.1) is 5.75 Å². The lowest BCUT2D eigenvalue weighted by Gasteiger charge is -2.34. The smallest absolute Gasteiger partial charge is 0.410 e. The molecule has 1 rings (SSSR count). The molecule has 1 amide bonds. The number of sulfonamides is 1. The molecule has 1 aliphatic rings. The highest BCUT2D eigenvalue weighted by molar-refractivity contribution is 7.89. The van der Waals surface area contributed by atoms with Crippen LogP contribution in [0.1, 0.15) is 40.0 Å². The maximum absolute atomic E-state index is 11.9. The number of ether oxygens (including phenoxy) is 1. The Morgan fingerprint density at radius 1 is 1.42 bits per heavy atom. The number of amides is 1. The van der Waals surface area contributed by atoms with E-state index in [0.29, 0.717) is 19.5 Å². The lowest BCUT2D eigenvalue weighted by Crippen LogP contribution is -2.43. The van der Waals surface area contributed by atoms with Crippen molar-refractivity contribution in [1.29, 1.82) is 0 Å². The monoisotopic (exact) mass is 292 g/mol. The van der Waals surface area contributed by atoms with Crippen LogP contribution < -0.4 is 5.14 Å². The van der Waals surface area contributed by atoms with Crippen molar-refractivity contribution in [3.05, 3.63) is 0 Å². The Labute approximate surface area is 115 Å². The predicted octanol–water partition coefficient (Wildman–Crippen LogP) is 1.31. The van der Waals surface area contributed by atoms with E-state index in [2.05, 4.69) is 0 Å². The third-order valence-corrected chi connectivity index (χ3v) is 3.79. The molecule has 6 nitrogen and oxygen atoms in total. The quantitative estimate of drug-likeness (QED) is 0.849. The minimum atomic E-state index is -3.42. The third-order valence-electron chi connectivity index (χ3n) is 2.98. The van der Waals surface area contributed by atoms with Gasteiger partial charge >= 0.3 is 6.09 Å². The summed E-state index contributed by atoms with van der Waals surface area (Å²) >= 11 is 0. The molecular formula is C12H24N2O4S. The first kappa shape index (κ1) is 16.2. The molecule has 0 aromatic heterocycles. The van der Waals surface area contributed by atoms with Crippen molar-refractivity contribution in [2.75, 3.05) is 18.8 Å². The Hall–Kier alpha value is -0.820. The van der Waals surface area contributed by atoms with E-state index in [1.807, 2.05) is 20.8 Å². The van der Waals surface area contributed by atoms with Crippen LogP contribution in [-0.2, 0) is 14.8 Å². The van der Waals surface area contributed by atoms with E-state index in [9.17, 15) is 13.2 Å². The van der Waals surface area contributed by atoms with Gasteiger partial charge in [-0.2, -0.15) is 0 Å². The van der Waals surface area contributed by atoms with Crippen molar-refractivity contribution < 1.29 is 17.9 Å². The first-order valence-electron chi connectivity index (χ1n) is 6.55. The fraction of sp³-hybridized carbons (Fsp3) is 0.917. The molecule has 0 spiro atoms. The summed E-state index contributed by atoms with van der Waals surface area (Å²) in [6.07, 6.45) is 1.97. The number of likely N-dealkylation sites (tertiary alicyclic amines) is 1. The molecule has 0 aliphatic carbocycles. The molecule has 1 aliphatic heterocycles. The van der Waals surface area contributed by atoms with E-state index in [-0.39, 0.29) is 17.8 Å². The molecule has 2 N–H and O–H groups in total. The van der Waals surface area contributed by atoms with Crippen LogP contribution >= 0.6 is 0 Å². The Kier molecular flexibility index (Phi) is 5.20. The molecule has 0 bridgehead atoms. The maximum atomic E-state index is 11.9. The van der Waals surface area contributed by atoms with Crippen LogP contribution in [0.4, 0.5) is 4.79 Å². The molecule has 1 heterocycles. The molecule has 7 heteroatoms. The van der Waals surface area contributed by atoms with Crippen molar-refractivity contribution in [2.45, 2.75) is 45.6 Å². The lowest BCUT2D eigenvalue weighted by molar-refractivity contribution is 0.0165. The van der Waals surface area contributed by atoms with Crippen LogP contribution in [0.5, 0.6) is 0 Å². The Morgan fingerprint density at radius 3 is 2.58 bits per heavy atom. The van der Waals surface area contributed by atoms with Gasteiger partial charge in [-0.3, -0.25) is 0 Å². The molecule has 0 aromatic rings. The van der Waals surface area contributed by atoms with Gasteiger partial charge in [0, 0.05) is 13.1 Å². The van der Waals surface area contributed by atoms with E-state index in [0.717, 1.165) is 12.8 Å². The zero-order chi connectivity index (χ0) is 14.7. The van der Waals surface area contributed by atoms with Gasteiger partial charge in [-0.05, 0) is 46.0 Å². The summed E-state index contributed by atoms with van der Waals surface area (Å²) in [7, 11) is -3.42. The summed E-state index contributed by atoms with van der Waals surface area (Å²) in [6.45, 7) is 6.69. The number of hydrogen-bond acceptors (Lipinski definition) is 4. The predicted molar refractivity (Wildman–Crippen MR) is 73.1 cm³/mol. The van der Waals surface area contributed by atoms with Gasteiger partial charge in [0.25, 0.3) is 0 Å². The average molecular weight is 292 g/mol. The number of rotatable bonds is 3. The topological polar surface area (TPSA) is 89.7 Å². The standard InChI is InChI=1S/C12H24N2O4S/c1-12(2,3)18-11(15)14-7-4-5-10(9-14)6-8-19(13,16)17/h10H,4-9H2,1-3H3,(H2,13,16,17). The van der Waals surface area contributed by atoms with E-state index < -0.39 is 15.6 Å². The summed E-state index contributed by atoms with van der Waals surface area (Å²) in [5, 5.41) is 5.00. The van der Waals surface area contributed by atoms with Crippen LogP contribution in [0.3, 0.4) is 0 Å². The summed E-state index contributed by atoms with van der Waals surface area (Å²) in [6, 6.07) is 0. The molecular weight excluding hydrogens is 268 g/mol. The highest BCUT2D eigenvalue weighted by atomic mass is 32.2. The van der Waals surface area contributed by atoms with Crippen LogP contribution in [0.2, 0.25) is 0 Å². The number of nitrogens with zero attached hydrogens (tertiary/aromatic N) is 1. The van der Waals surface area contributed by atoms with Gasteiger partial charge in [-0.1, -0.05) is 0 Å². The molecule has 1 fully saturated rings. The van der Waals surface area contributed by atoms with Crippen LogP contribution in [-0.4, -0.2) is 43.9 Å². The molecule has 1 saturated heterocycles. The Morgan fingerprint density at radius 2 is 2.05 bits per heavy atom. The van der Waals surface area contributed by atoms with Gasteiger partial charge in [0.15, 0.2) is 0 Å². The highest BCUT2D eigenvalue weighted by Crippen LogP contribution is 2.21. The molecule has 0 radical (unpaired) electrons. The number of piperidine rings is 1. The van der Waals surface area contributed by atoms with Crippen molar-refractivity contribution in [3.8, 4) is 0 Å². The molecule has 1 atom stereocenters. The summed E-state index contributed by atoms with van der Waals surface area (Å²) in [5.41, 5.74) is -0.509. The van der Waals surface area contributed by atoms with Gasteiger partial charge in [-0.25, -0.2) is 18.4 Å². The SMILES string of the molecule is CC(C)(C)OC(=O)N1CCCC(CCS(N)(=O)=O)C1. The van der Waals surface area contributed by atoms with E-state index in [4.69, 9.17) is 9.88 Å². The van der Waals surface area contributed by atoms with Gasteiger partial charge in [-0.15, -0.1) is 0 Å². The fourth-order valence-electron chi connectivity index (χ4n) is 2.12. The summed E-state index contributed by atoms with van der Waals surface area (Å²) in [4.78, 5) is 13.6. The Bertz CT molecular complexity index is 414. The molecule has 112 valence electrons. The van der Waals surface area contributed by atoms with Crippen LogP contribution in [0, 0.1) is 5.92 Å². The van der Waals surface area contributed by atoms with Crippen molar-refractivity contribution >= 4 is 16.1 Å². The molecule has 19 heavy (non-hydrogen) atoms. The first-order chi connectivity index (χ1) is 8.57. The number of carbonyl (C=O) groups excluding carboxylic acids is 1. The number of nitrogens with two attached hydrogens (primary N) is 1. The number of carbonyl (C=O) groups is 1. The fourth-order valence-corrected chi connectivity index (χ4v) is 2.79.